The van der Waals surface area contributed by atoms with E-state index in [1.807, 2.05) is 43.3 Å². The van der Waals surface area contributed by atoms with E-state index in [-0.39, 0.29) is 5.91 Å². The van der Waals surface area contributed by atoms with Gasteiger partial charge in [-0.15, -0.1) is 0 Å². The number of benzene rings is 2. The Hall–Kier alpha value is -3.41. The van der Waals surface area contributed by atoms with E-state index in [2.05, 4.69) is 64.5 Å². The van der Waals surface area contributed by atoms with Crippen LogP contribution in [0.3, 0.4) is 0 Å². The maximum absolute atomic E-state index is 12.3. The number of hydrogen-bond donors (Lipinski definition) is 2. The molecule has 162 valence electrons. The number of aromatic nitrogens is 2. The average Bonchev–Trinajstić information content (AvgIpc) is 2.74. The van der Waals surface area contributed by atoms with Crippen LogP contribution in [0, 0.1) is 13.8 Å². The maximum atomic E-state index is 12.3. The quantitative estimate of drug-likeness (QED) is 0.497. The third-order valence-corrected chi connectivity index (χ3v) is 5.08. The van der Waals surface area contributed by atoms with Crippen molar-refractivity contribution in [2.45, 2.75) is 40.5 Å². The Morgan fingerprint density at radius 2 is 1.65 bits per heavy atom. The molecule has 0 bridgehead atoms. The highest BCUT2D eigenvalue weighted by Crippen LogP contribution is 2.21. The van der Waals surface area contributed by atoms with Gasteiger partial charge in [-0.25, -0.2) is 9.97 Å². The van der Waals surface area contributed by atoms with E-state index in [1.165, 1.54) is 11.1 Å². The first-order chi connectivity index (χ1) is 15.0. The highest BCUT2D eigenvalue weighted by molar-refractivity contribution is 5.91. The molecule has 1 heterocycles. The molecule has 0 fully saturated rings. The summed E-state index contributed by atoms with van der Waals surface area (Å²) in [6.45, 7) is 9.97. The molecule has 2 aromatic carbocycles. The van der Waals surface area contributed by atoms with Gasteiger partial charge in [0.15, 0.2) is 0 Å². The minimum atomic E-state index is 0.0116. The molecule has 3 aromatic rings. The molecule has 2 N–H and O–H groups in total. The van der Waals surface area contributed by atoms with E-state index < -0.39 is 0 Å². The maximum Gasteiger partial charge on any atom is 0.224 e. The molecule has 1 amide bonds. The van der Waals surface area contributed by atoms with Crippen molar-refractivity contribution in [3.63, 3.8) is 0 Å². The van der Waals surface area contributed by atoms with Crippen molar-refractivity contribution in [1.29, 1.82) is 0 Å². The summed E-state index contributed by atoms with van der Waals surface area (Å²) in [5, 5.41) is 6.30. The molecule has 0 spiro atoms. The van der Waals surface area contributed by atoms with Crippen LogP contribution in [-0.4, -0.2) is 29.0 Å². The number of carbonyl (C=O) groups is 1. The standard InChI is InChI=1S/C25H31N5O/c1-5-30(6-2)24-17-23(26-19(4)27-24)28-21-11-13-22(14-12-21)29-25(31)15-10-20-9-7-8-18(3)16-20/h7-9,11-14,16-17H,5-6,10,15H2,1-4H3,(H,29,31)(H,26,27,28). The molecule has 0 atom stereocenters. The zero-order valence-electron chi connectivity index (χ0n) is 18.8. The third kappa shape index (κ3) is 6.54. The van der Waals surface area contributed by atoms with Crippen molar-refractivity contribution in [2.24, 2.45) is 0 Å². The van der Waals surface area contributed by atoms with Crippen LogP contribution in [0.25, 0.3) is 0 Å². The van der Waals surface area contributed by atoms with Crippen molar-refractivity contribution in [3.05, 3.63) is 71.5 Å². The third-order valence-electron chi connectivity index (χ3n) is 5.08. The van der Waals surface area contributed by atoms with Gasteiger partial charge < -0.3 is 15.5 Å². The Morgan fingerprint density at radius 3 is 2.32 bits per heavy atom. The number of aryl methyl sites for hydroxylation is 3. The number of hydrogen-bond acceptors (Lipinski definition) is 5. The van der Waals surface area contributed by atoms with Gasteiger partial charge in [0.2, 0.25) is 5.91 Å². The summed E-state index contributed by atoms with van der Waals surface area (Å²) in [4.78, 5) is 23.5. The summed E-state index contributed by atoms with van der Waals surface area (Å²) >= 11 is 0. The summed E-state index contributed by atoms with van der Waals surface area (Å²) in [5.74, 6) is 2.41. The summed E-state index contributed by atoms with van der Waals surface area (Å²) in [6, 6.07) is 17.9. The van der Waals surface area contributed by atoms with Crippen LogP contribution in [0.1, 0.15) is 37.2 Å². The minimum absolute atomic E-state index is 0.0116. The van der Waals surface area contributed by atoms with Crippen molar-refractivity contribution in [1.82, 2.24) is 9.97 Å². The second-order valence-electron chi connectivity index (χ2n) is 7.57. The van der Waals surface area contributed by atoms with Crippen LogP contribution in [0.15, 0.2) is 54.6 Å². The van der Waals surface area contributed by atoms with Gasteiger partial charge in [-0.3, -0.25) is 4.79 Å². The Balaban J connectivity index is 1.58. The molecule has 0 saturated heterocycles. The van der Waals surface area contributed by atoms with E-state index in [1.54, 1.807) is 0 Å². The number of rotatable bonds is 9. The van der Waals surface area contributed by atoms with Crippen LogP contribution in [-0.2, 0) is 11.2 Å². The van der Waals surface area contributed by atoms with Crippen molar-refractivity contribution in [3.8, 4) is 0 Å². The molecule has 0 unspecified atom stereocenters. The van der Waals surface area contributed by atoms with Crippen LogP contribution < -0.4 is 15.5 Å². The van der Waals surface area contributed by atoms with Gasteiger partial charge in [0.25, 0.3) is 0 Å². The van der Waals surface area contributed by atoms with Gasteiger partial charge in [0.1, 0.15) is 17.5 Å². The van der Waals surface area contributed by atoms with Crippen molar-refractivity contribution >= 4 is 28.9 Å². The number of anilines is 4. The second-order valence-corrected chi connectivity index (χ2v) is 7.57. The highest BCUT2D eigenvalue weighted by Gasteiger charge is 2.08. The van der Waals surface area contributed by atoms with Gasteiger partial charge in [0.05, 0.1) is 0 Å². The first kappa shape index (κ1) is 22.3. The molecule has 0 aliphatic carbocycles. The van der Waals surface area contributed by atoms with Crippen LogP contribution in [0.2, 0.25) is 0 Å². The van der Waals surface area contributed by atoms with Crippen molar-refractivity contribution < 1.29 is 4.79 Å². The molecule has 6 heteroatoms. The Bertz CT molecular complexity index is 1010. The zero-order valence-corrected chi connectivity index (χ0v) is 18.8. The molecule has 0 aliphatic heterocycles. The summed E-state index contributed by atoms with van der Waals surface area (Å²) in [6.07, 6.45) is 1.19. The number of carbonyl (C=O) groups excluding carboxylic acids is 1. The lowest BCUT2D eigenvalue weighted by molar-refractivity contribution is -0.116. The van der Waals surface area contributed by atoms with Gasteiger partial charge in [-0.1, -0.05) is 29.8 Å². The normalized spacial score (nSPS) is 10.6. The van der Waals surface area contributed by atoms with Gasteiger partial charge >= 0.3 is 0 Å². The molecule has 0 radical (unpaired) electrons. The number of nitrogens with zero attached hydrogens (tertiary/aromatic N) is 3. The predicted octanol–water partition coefficient (Wildman–Crippen LogP) is 5.25. The zero-order chi connectivity index (χ0) is 22.2. The highest BCUT2D eigenvalue weighted by atomic mass is 16.1. The van der Waals surface area contributed by atoms with Crippen LogP contribution >= 0.6 is 0 Å². The fourth-order valence-electron chi connectivity index (χ4n) is 3.46. The number of amides is 1. The van der Waals surface area contributed by atoms with Crippen LogP contribution in [0.5, 0.6) is 0 Å². The van der Waals surface area contributed by atoms with Crippen LogP contribution in [0.4, 0.5) is 23.0 Å². The van der Waals surface area contributed by atoms with Crippen molar-refractivity contribution in [2.75, 3.05) is 28.6 Å². The first-order valence-electron chi connectivity index (χ1n) is 10.8. The van der Waals surface area contributed by atoms with E-state index in [9.17, 15) is 4.79 Å². The topological polar surface area (TPSA) is 70.2 Å². The number of nitrogens with one attached hydrogen (secondary N) is 2. The lowest BCUT2D eigenvalue weighted by Crippen LogP contribution is -2.23. The lowest BCUT2D eigenvalue weighted by Gasteiger charge is -2.20. The van der Waals surface area contributed by atoms with E-state index in [0.717, 1.165) is 48.3 Å². The SMILES string of the molecule is CCN(CC)c1cc(Nc2ccc(NC(=O)CCc3cccc(C)c3)cc2)nc(C)n1. The average molecular weight is 418 g/mol. The molecular formula is C25H31N5O. The molecule has 1 aromatic heterocycles. The van der Waals surface area contributed by atoms with Gasteiger partial charge in [-0.2, -0.15) is 0 Å². The molecule has 31 heavy (non-hydrogen) atoms. The van der Waals surface area contributed by atoms with Gasteiger partial charge in [0, 0.05) is 37.0 Å². The molecule has 6 nitrogen and oxygen atoms in total. The predicted molar refractivity (Wildman–Crippen MR) is 128 cm³/mol. The smallest absolute Gasteiger partial charge is 0.224 e. The van der Waals surface area contributed by atoms with E-state index in [0.29, 0.717) is 6.42 Å². The second kappa shape index (κ2) is 10.6. The largest absolute Gasteiger partial charge is 0.357 e. The molecule has 3 rings (SSSR count). The first-order valence-corrected chi connectivity index (χ1v) is 10.8. The minimum Gasteiger partial charge on any atom is -0.357 e. The monoisotopic (exact) mass is 417 g/mol. The molecular weight excluding hydrogens is 386 g/mol. The Kier molecular flexibility index (Phi) is 7.60. The van der Waals surface area contributed by atoms with E-state index >= 15 is 0 Å². The summed E-state index contributed by atoms with van der Waals surface area (Å²) < 4.78 is 0. The fourth-order valence-corrected chi connectivity index (χ4v) is 3.46. The summed E-state index contributed by atoms with van der Waals surface area (Å²) in [7, 11) is 0. The molecule has 0 aliphatic rings. The fraction of sp³-hybridized carbons (Fsp3) is 0.320. The Morgan fingerprint density at radius 1 is 0.935 bits per heavy atom. The van der Waals surface area contributed by atoms with Gasteiger partial charge in [-0.05, 0) is 63.9 Å². The summed E-state index contributed by atoms with van der Waals surface area (Å²) in [5.41, 5.74) is 4.08. The van der Waals surface area contributed by atoms with E-state index in [4.69, 9.17) is 0 Å². The lowest BCUT2D eigenvalue weighted by atomic mass is 10.1. The molecule has 0 saturated carbocycles. The Labute approximate surface area is 184 Å².